The molecule has 0 saturated carbocycles. The molecule has 0 radical (unpaired) electrons. The topological polar surface area (TPSA) is 98.3 Å². The summed E-state index contributed by atoms with van der Waals surface area (Å²) in [6.07, 6.45) is 6.74. The second-order valence-electron chi connectivity index (χ2n) is 7.61. The molecule has 8 nitrogen and oxygen atoms in total. The van der Waals surface area contributed by atoms with E-state index in [-0.39, 0.29) is 11.7 Å². The second-order valence-corrected chi connectivity index (χ2v) is 7.61. The van der Waals surface area contributed by atoms with Gasteiger partial charge >= 0.3 is 5.69 Å². The van der Waals surface area contributed by atoms with Crippen molar-refractivity contribution in [1.29, 1.82) is 0 Å². The zero-order valence-electron chi connectivity index (χ0n) is 18.8. The normalized spacial score (nSPS) is 13.3. The molecule has 0 fully saturated rings. The molecule has 1 aromatic carbocycles. The Morgan fingerprint density at radius 2 is 2.16 bits per heavy atom. The number of H-pyrrole nitrogens is 1. The van der Waals surface area contributed by atoms with Gasteiger partial charge < -0.3 is 14.2 Å². The minimum Gasteiger partial charge on any atom is -0.496 e. The largest absolute Gasteiger partial charge is 0.496 e. The number of aryl methyl sites for hydroxylation is 2. The number of hydrogen-bond donors (Lipinski definition) is 1. The molecule has 4 aromatic rings. The molecule has 0 amide bonds. The summed E-state index contributed by atoms with van der Waals surface area (Å²) in [6, 6.07) is 3.58. The predicted octanol–water partition coefficient (Wildman–Crippen LogP) is 4.88. The van der Waals surface area contributed by atoms with Crippen molar-refractivity contribution in [3.8, 4) is 16.9 Å². The average molecular weight is 431 g/mol. The number of benzene rings is 1. The first-order chi connectivity index (χ1) is 15.4. The predicted molar refractivity (Wildman–Crippen MR) is 127 cm³/mol. The van der Waals surface area contributed by atoms with Gasteiger partial charge in [-0.2, -0.15) is 0 Å². The monoisotopic (exact) mass is 431 g/mol. The molecule has 0 aliphatic heterocycles. The molecule has 3 heterocycles. The van der Waals surface area contributed by atoms with Gasteiger partial charge in [-0.3, -0.25) is 14.5 Å². The van der Waals surface area contributed by atoms with Crippen molar-refractivity contribution in [2.24, 2.45) is 4.99 Å². The smallest absolute Gasteiger partial charge is 0.327 e. The van der Waals surface area contributed by atoms with Gasteiger partial charge in [0.1, 0.15) is 11.5 Å². The maximum Gasteiger partial charge on any atom is 0.327 e. The summed E-state index contributed by atoms with van der Waals surface area (Å²) >= 11 is 0. The Balaban J connectivity index is 2.00. The Labute approximate surface area is 184 Å². The molecule has 32 heavy (non-hydrogen) atoms. The third-order valence-electron chi connectivity index (χ3n) is 5.66. The summed E-state index contributed by atoms with van der Waals surface area (Å²) in [4.78, 5) is 24.8. The molecule has 0 aliphatic rings. The SMILES string of the molecule is C=C/C=C\N=C(C)C(C)n1c(=O)[nH]c2cnc3cc(-c4c(C)noc4C)c(OC)cc3c21. The van der Waals surface area contributed by atoms with Gasteiger partial charge in [0.05, 0.1) is 47.2 Å². The fourth-order valence-corrected chi connectivity index (χ4v) is 3.95. The van der Waals surface area contributed by atoms with Crippen LogP contribution in [0, 0.1) is 13.8 Å². The van der Waals surface area contributed by atoms with Crippen LogP contribution in [0.5, 0.6) is 5.75 Å². The van der Waals surface area contributed by atoms with Gasteiger partial charge in [0.2, 0.25) is 0 Å². The van der Waals surface area contributed by atoms with E-state index >= 15 is 0 Å². The molecule has 0 spiro atoms. The van der Waals surface area contributed by atoms with Gasteiger partial charge in [0.25, 0.3) is 0 Å². The molecule has 1 atom stereocenters. The van der Waals surface area contributed by atoms with Crippen LogP contribution in [0.15, 0.2) is 57.6 Å². The number of pyridine rings is 1. The number of nitrogens with zero attached hydrogens (tertiary/aromatic N) is 4. The van der Waals surface area contributed by atoms with Crippen LogP contribution >= 0.6 is 0 Å². The van der Waals surface area contributed by atoms with E-state index in [4.69, 9.17) is 9.26 Å². The summed E-state index contributed by atoms with van der Waals surface area (Å²) in [6.45, 7) is 11.2. The molecule has 164 valence electrons. The van der Waals surface area contributed by atoms with E-state index in [1.54, 1.807) is 36.2 Å². The first-order valence-corrected chi connectivity index (χ1v) is 10.2. The number of aliphatic imine (C=N–C) groups is 1. The number of methoxy groups -OCH3 is 1. The number of ether oxygens (including phenoxy) is 1. The van der Waals surface area contributed by atoms with Crippen LogP contribution in [0.1, 0.15) is 31.3 Å². The zero-order chi connectivity index (χ0) is 23.0. The van der Waals surface area contributed by atoms with Crippen LogP contribution < -0.4 is 10.4 Å². The highest BCUT2D eigenvalue weighted by molar-refractivity contribution is 6.05. The van der Waals surface area contributed by atoms with Gasteiger partial charge in [0, 0.05) is 22.9 Å². The first kappa shape index (κ1) is 21.3. The summed E-state index contributed by atoms with van der Waals surface area (Å²) < 4.78 is 12.8. The lowest BCUT2D eigenvalue weighted by atomic mass is 10.0. The van der Waals surface area contributed by atoms with Crippen molar-refractivity contribution < 1.29 is 9.26 Å². The molecule has 8 heteroatoms. The number of aromatic nitrogens is 4. The molecule has 0 bridgehead atoms. The highest BCUT2D eigenvalue weighted by Crippen LogP contribution is 2.38. The van der Waals surface area contributed by atoms with Crippen LogP contribution in [0.2, 0.25) is 0 Å². The zero-order valence-corrected chi connectivity index (χ0v) is 18.8. The maximum absolute atomic E-state index is 12.9. The lowest BCUT2D eigenvalue weighted by Gasteiger charge is -2.15. The molecule has 4 rings (SSSR count). The lowest BCUT2D eigenvalue weighted by molar-refractivity contribution is 0.393. The maximum atomic E-state index is 12.9. The van der Waals surface area contributed by atoms with E-state index in [2.05, 4.69) is 26.7 Å². The van der Waals surface area contributed by atoms with Gasteiger partial charge in [-0.05, 0) is 45.9 Å². The Morgan fingerprint density at radius 1 is 1.38 bits per heavy atom. The third-order valence-corrected chi connectivity index (χ3v) is 5.66. The standard InChI is InChI=1S/C24H25N5O3/c1-7-8-9-25-13(2)15(4)29-23-17-11-21(31-6)18(22-14(3)28-32-16(22)5)10-19(17)26-12-20(23)27-24(29)30/h7-12,15H,1H2,2-6H3,(H,27,30)/b9-8-,25-13?. The van der Waals surface area contributed by atoms with Gasteiger partial charge in [0.15, 0.2) is 0 Å². The quantitative estimate of drug-likeness (QED) is 0.347. The van der Waals surface area contributed by atoms with E-state index in [1.165, 1.54) is 0 Å². The number of nitrogens with one attached hydrogen (secondary N) is 1. The lowest BCUT2D eigenvalue weighted by Crippen LogP contribution is -2.24. The number of allylic oxidation sites excluding steroid dienone is 2. The summed E-state index contributed by atoms with van der Waals surface area (Å²) in [7, 11) is 1.62. The Morgan fingerprint density at radius 3 is 2.81 bits per heavy atom. The van der Waals surface area contributed by atoms with E-state index in [9.17, 15) is 4.79 Å². The molecule has 0 aliphatic carbocycles. The highest BCUT2D eigenvalue weighted by atomic mass is 16.5. The number of rotatable bonds is 6. The van der Waals surface area contributed by atoms with Crippen LogP contribution in [0.3, 0.4) is 0 Å². The molecule has 3 aromatic heterocycles. The van der Waals surface area contributed by atoms with Crippen molar-refractivity contribution in [1.82, 2.24) is 19.7 Å². The van der Waals surface area contributed by atoms with E-state index in [0.29, 0.717) is 17.0 Å². The van der Waals surface area contributed by atoms with Gasteiger partial charge in [-0.15, -0.1) is 0 Å². The molecular weight excluding hydrogens is 406 g/mol. The van der Waals surface area contributed by atoms with Crippen molar-refractivity contribution in [2.45, 2.75) is 33.7 Å². The Bertz CT molecular complexity index is 1430. The Kier molecular flexibility index (Phi) is 5.52. The minimum absolute atomic E-state index is 0.224. The van der Waals surface area contributed by atoms with Gasteiger partial charge in [-0.1, -0.05) is 17.8 Å². The van der Waals surface area contributed by atoms with E-state index in [0.717, 1.165) is 39.0 Å². The number of hydrogen-bond acceptors (Lipinski definition) is 6. The molecular formula is C24H25N5O3. The molecule has 1 N–H and O–H groups in total. The first-order valence-electron chi connectivity index (χ1n) is 10.2. The summed E-state index contributed by atoms with van der Waals surface area (Å²) in [5.41, 5.74) is 5.18. The minimum atomic E-state index is -0.274. The van der Waals surface area contributed by atoms with Crippen molar-refractivity contribution >= 4 is 27.6 Å². The molecule has 1 unspecified atom stereocenters. The van der Waals surface area contributed by atoms with Crippen molar-refractivity contribution in [3.63, 3.8) is 0 Å². The number of fused-ring (bicyclic) bond motifs is 3. The Hall–Kier alpha value is -3.94. The summed E-state index contributed by atoms with van der Waals surface area (Å²) in [5.74, 6) is 1.35. The fraction of sp³-hybridized carbons (Fsp3) is 0.250. The van der Waals surface area contributed by atoms with E-state index in [1.807, 2.05) is 39.8 Å². The second kappa shape index (κ2) is 8.30. The number of imidazole rings is 1. The number of aromatic amines is 1. The van der Waals surface area contributed by atoms with Crippen LogP contribution in [-0.4, -0.2) is 32.5 Å². The van der Waals surface area contributed by atoms with Crippen molar-refractivity contribution in [3.05, 3.63) is 65.2 Å². The highest BCUT2D eigenvalue weighted by Gasteiger charge is 2.21. The van der Waals surface area contributed by atoms with Crippen LogP contribution in [0.4, 0.5) is 0 Å². The van der Waals surface area contributed by atoms with Crippen LogP contribution in [-0.2, 0) is 0 Å². The fourth-order valence-electron chi connectivity index (χ4n) is 3.95. The summed E-state index contributed by atoms with van der Waals surface area (Å²) in [5, 5.41) is 4.86. The average Bonchev–Trinajstić information content (AvgIpc) is 3.30. The van der Waals surface area contributed by atoms with E-state index < -0.39 is 0 Å². The van der Waals surface area contributed by atoms with Gasteiger partial charge in [-0.25, -0.2) is 4.79 Å². The molecule has 0 saturated heterocycles. The van der Waals surface area contributed by atoms with Crippen LogP contribution in [0.25, 0.3) is 33.1 Å². The third kappa shape index (κ3) is 3.43. The van der Waals surface area contributed by atoms with Crippen molar-refractivity contribution in [2.75, 3.05) is 7.11 Å².